The fraction of sp³-hybridized carbons (Fsp3) is 0.318. The number of rotatable bonds is 9. The monoisotopic (exact) mass is 335 g/mol. The van der Waals surface area contributed by atoms with Crippen molar-refractivity contribution in [3.63, 3.8) is 0 Å². The van der Waals surface area contributed by atoms with Crippen LogP contribution in [0, 0.1) is 12.3 Å². The third-order valence-electron chi connectivity index (χ3n) is 4.05. The molecule has 0 aromatic heterocycles. The van der Waals surface area contributed by atoms with Crippen LogP contribution in [0.3, 0.4) is 0 Å². The first kappa shape index (κ1) is 18.6. The first-order valence-electron chi connectivity index (χ1n) is 8.72. The lowest BCUT2D eigenvalue weighted by Crippen LogP contribution is -2.31. The molecule has 130 valence electrons. The average molecular weight is 335 g/mol. The molecule has 0 aliphatic carbocycles. The predicted octanol–water partition coefficient (Wildman–Crippen LogP) is 3.94. The maximum absolute atomic E-state index is 12.5. The van der Waals surface area contributed by atoms with Crippen LogP contribution in [0.4, 0.5) is 0 Å². The average Bonchev–Trinajstić information content (AvgIpc) is 2.66. The van der Waals surface area contributed by atoms with Crippen LogP contribution in [0.5, 0.6) is 5.75 Å². The summed E-state index contributed by atoms with van der Waals surface area (Å²) in [4.78, 5) is 12.5. The minimum absolute atomic E-state index is 0.0780. The van der Waals surface area contributed by atoms with Crippen LogP contribution in [-0.4, -0.2) is 19.1 Å². The van der Waals surface area contributed by atoms with Gasteiger partial charge in [0.15, 0.2) is 0 Å². The standard InChI is InChI=1S/C22H25NO2/c1-3-8-21(19-9-6-5-7-10-19)22(24)23-16-15-18-11-13-20(14-12-18)25-17-4-2/h2,5-7,9-14,21H,3,8,15-17H2,1H3,(H,23,24). The molecule has 1 unspecified atom stereocenters. The summed E-state index contributed by atoms with van der Waals surface area (Å²) in [7, 11) is 0. The summed E-state index contributed by atoms with van der Waals surface area (Å²) in [6, 6.07) is 17.8. The maximum Gasteiger partial charge on any atom is 0.227 e. The van der Waals surface area contributed by atoms with E-state index in [2.05, 4.69) is 18.2 Å². The molecule has 2 rings (SSSR count). The summed E-state index contributed by atoms with van der Waals surface area (Å²) in [6.07, 6.45) is 7.80. The van der Waals surface area contributed by atoms with Crippen molar-refractivity contribution < 1.29 is 9.53 Å². The molecule has 25 heavy (non-hydrogen) atoms. The van der Waals surface area contributed by atoms with Gasteiger partial charge in [0.25, 0.3) is 0 Å². The lowest BCUT2D eigenvalue weighted by molar-refractivity contribution is -0.122. The van der Waals surface area contributed by atoms with E-state index >= 15 is 0 Å². The Hall–Kier alpha value is -2.73. The highest BCUT2D eigenvalue weighted by Crippen LogP contribution is 2.21. The number of hydrogen-bond acceptors (Lipinski definition) is 2. The smallest absolute Gasteiger partial charge is 0.227 e. The van der Waals surface area contributed by atoms with E-state index in [1.165, 1.54) is 0 Å². The number of carbonyl (C=O) groups is 1. The topological polar surface area (TPSA) is 38.3 Å². The van der Waals surface area contributed by atoms with Gasteiger partial charge in [0.2, 0.25) is 5.91 Å². The van der Waals surface area contributed by atoms with E-state index in [1.807, 2.05) is 54.6 Å². The lowest BCUT2D eigenvalue weighted by Gasteiger charge is -2.16. The first-order chi connectivity index (χ1) is 12.2. The number of terminal acetylenes is 1. The molecule has 1 N–H and O–H groups in total. The van der Waals surface area contributed by atoms with Crippen LogP contribution in [0.1, 0.15) is 36.8 Å². The van der Waals surface area contributed by atoms with E-state index in [4.69, 9.17) is 11.2 Å². The largest absolute Gasteiger partial charge is 0.481 e. The third kappa shape index (κ3) is 6.00. The lowest BCUT2D eigenvalue weighted by atomic mass is 9.93. The van der Waals surface area contributed by atoms with Gasteiger partial charge in [-0.3, -0.25) is 4.79 Å². The van der Waals surface area contributed by atoms with E-state index in [9.17, 15) is 4.79 Å². The maximum atomic E-state index is 12.5. The fourth-order valence-electron chi connectivity index (χ4n) is 2.75. The minimum Gasteiger partial charge on any atom is -0.481 e. The van der Waals surface area contributed by atoms with Crippen molar-refractivity contribution in [2.45, 2.75) is 32.1 Å². The molecular weight excluding hydrogens is 310 g/mol. The molecule has 0 spiro atoms. The van der Waals surface area contributed by atoms with Gasteiger partial charge in [-0.25, -0.2) is 0 Å². The number of nitrogens with one attached hydrogen (secondary N) is 1. The molecule has 0 radical (unpaired) electrons. The van der Waals surface area contributed by atoms with Crippen molar-refractivity contribution in [3.8, 4) is 18.1 Å². The summed E-state index contributed by atoms with van der Waals surface area (Å²) in [5, 5.41) is 3.07. The molecule has 0 saturated carbocycles. The van der Waals surface area contributed by atoms with Crippen molar-refractivity contribution in [2.75, 3.05) is 13.2 Å². The molecule has 0 fully saturated rings. The second-order valence-electron chi connectivity index (χ2n) is 5.93. The highest BCUT2D eigenvalue weighted by atomic mass is 16.5. The van der Waals surface area contributed by atoms with E-state index in [0.29, 0.717) is 6.54 Å². The zero-order valence-electron chi connectivity index (χ0n) is 14.7. The Kier molecular flexibility index (Phi) is 7.59. The van der Waals surface area contributed by atoms with Crippen molar-refractivity contribution in [2.24, 2.45) is 0 Å². The van der Waals surface area contributed by atoms with E-state index in [1.54, 1.807) is 0 Å². The summed E-state index contributed by atoms with van der Waals surface area (Å²) < 4.78 is 5.35. The van der Waals surface area contributed by atoms with Gasteiger partial charge in [-0.05, 0) is 36.1 Å². The number of benzene rings is 2. The summed E-state index contributed by atoms with van der Waals surface area (Å²) >= 11 is 0. The van der Waals surface area contributed by atoms with Gasteiger partial charge in [-0.1, -0.05) is 61.7 Å². The molecule has 3 nitrogen and oxygen atoms in total. The summed E-state index contributed by atoms with van der Waals surface area (Å²) in [6.45, 7) is 3.00. The molecule has 1 atom stereocenters. The van der Waals surface area contributed by atoms with Gasteiger partial charge >= 0.3 is 0 Å². The molecule has 2 aromatic carbocycles. The van der Waals surface area contributed by atoms with Crippen LogP contribution in [0.2, 0.25) is 0 Å². The van der Waals surface area contributed by atoms with Gasteiger partial charge in [0, 0.05) is 6.54 Å². The molecule has 0 aliphatic heterocycles. The molecule has 1 amide bonds. The Morgan fingerprint density at radius 3 is 2.52 bits per heavy atom. The number of ether oxygens (including phenoxy) is 1. The van der Waals surface area contributed by atoms with Crippen molar-refractivity contribution >= 4 is 5.91 Å². The fourth-order valence-corrected chi connectivity index (χ4v) is 2.75. The zero-order valence-corrected chi connectivity index (χ0v) is 14.7. The Morgan fingerprint density at radius 1 is 1.16 bits per heavy atom. The van der Waals surface area contributed by atoms with Gasteiger partial charge in [0.1, 0.15) is 12.4 Å². The Bertz CT molecular complexity index is 686. The quantitative estimate of drug-likeness (QED) is 0.705. The normalized spacial score (nSPS) is 11.4. The summed E-state index contributed by atoms with van der Waals surface area (Å²) in [5.74, 6) is 3.23. The van der Waals surface area contributed by atoms with Crippen LogP contribution in [0.25, 0.3) is 0 Å². The van der Waals surface area contributed by atoms with Crippen LogP contribution >= 0.6 is 0 Å². The minimum atomic E-state index is -0.0780. The highest BCUT2D eigenvalue weighted by Gasteiger charge is 2.18. The third-order valence-corrected chi connectivity index (χ3v) is 4.05. The Balaban J connectivity index is 1.85. The van der Waals surface area contributed by atoms with Gasteiger partial charge in [0.05, 0.1) is 5.92 Å². The van der Waals surface area contributed by atoms with Crippen molar-refractivity contribution in [1.82, 2.24) is 5.32 Å². The second-order valence-corrected chi connectivity index (χ2v) is 5.93. The van der Waals surface area contributed by atoms with Crippen LogP contribution in [0.15, 0.2) is 54.6 Å². The number of carbonyl (C=O) groups excluding carboxylic acids is 1. The zero-order chi connectivity index (χ0) is 17.9. The van der Waals surface area contributed by atoms with Crippen LogP contribution < -0.4 is 10.1 Å². The van der Waals surface area contributed by atoms with E-state index < -0.39 is 0 Å². The molecule has 0 aliphatic rings. The van der Waals surface area contributed by atoms with Crippen molar-refractivity contribution in [1.29, 1.82) is 0 Å². The second kappa shape index (κ2) is 10.2. The first-order valence-corrected chi connectivity index (χ1v) is 8.72. The molecule has 0 saturated heterocycles. The summed E-state index contributed by atoms with van der Waals surface area (Å²) in [5.41, 5.74) is 2.23. The molecule has 0 heterocycles. The van der Waals surface area contributed by atoms with E-state index in [0.717, 1.165) is 36.1 Å². The molecule has 2 aromatic rings. The van der Waals surface area contributed by atoms with Gasteiger partial charge < -0.3 is 10.1 Å². The number of hydrogen-bond donors (Lipinski definition) is 1. The SMILES string of the molecule is C#CCOc1ccc(CCNC(=O)C(CCC)c2ccccc2)cc1. The molecular formula is C22H25NO2. The van der Waals surface area contributed by atoms with Crippen LogP contribution in [-0.2, 0) is 11.2 Å². The molecule has 0 bridgehead atoms. The predicted molar refractivity (Wildman–Crippen MR) is 102 cm³/mol. The number of amides is 1. The highest BCUT2D eigenvalue weighted by molar-refractivity contribution is 5.83. The van der Waals surface area contributed by atoms with Gasteiger partial charge in [-0.2, -0.15) is 0 Å². The molecule has 3 heteroatoms. The Labute approximate surface area is 150 Å². The Morgan fingerprint density at radius 2 is 1.88 bits per heavy atom. The van der Waals surface area contributed by atoms with E-state index in [-0.39, 0.29) is 18.4 Å². The van der Waals surface area contributed by atoms with Crippen molar-refractivity contribution in [3.05, 3.63) is 65.7 Å². The van der Waals surface area contributed by atoms with Gasteiger partial charge in [-0.15, -0.1) is 6.42 Å².